The molecule has 1 aromatic rings. The number of aromatic carboxylic acids is 1. The molecule has 1 fully saturated rings. The Hall–Kier alpha value is -2.35. The third-order valence-corrected chi connectivity index (χ3v) is 5.98. The van der Waals surface area contributed by atoms with Gasteiger partial charge in [-0.25, -0.2) is 4.79 Å². The van der Waals surface area contributed by atoms with E-state index < -0.39 is 24.5 Å². The van der Waals surface area contributed by atoms with Gasteiger partial charge in [0.2, 0.25) is 6.29 Å². The van der Waals surface area contributed by atoms with Crippen LogP contribution in [-0.2, 0) is 17.6 Å². The molecule has 1 aliphatic rings. The molecule has 0 spiro atoms. The van der Waals surface area contributed by atoms with Crippen LogP contribution < -0.4 is 4.74 Å². The topological polar surface area (TPSA) is 116 Å². The second-order valence-electron chi connectivity index (χ2n) is 9.35. The van der Waals surface area contributed by atoms with E-state index in [0.29, 0.717) is 23.3 Å². The first-order valence-electron chi connectivity index (χ1n) is 12.2. The third kappa shape index (κ3) is 8.15. The minimum Gasteiger partial charge on any atom is -0.507 e. The molecular formula is C27H40O7. The Bertz CT molecular complexity index is 883. The second-order valence-corrected chi connectivity index (χ2v) is 9.35. The Morgan fingerprint density at radius 3 is 2.56 bits per heavy atom. The Labute approximate surface area is 202 Å². The average molecular weight is 477 g/mol. The fraction of sp³-hybridized carbons (Fsp3) is 0.593. The van der Waals surface area contributed by atoms with E-state index in [2.05, 4.69) is 26.8 Å². The fourth-order valence-electron chi connectivity index (χ4n) is 4.02. The molecular weight excluding hydrogens is 436 g/mol. The van der Waals surface area contributed by atoms with E-state index in [-0.39, 0.29) is 30.8 Å². The number of carboxylic acids is 1. The van der Waals surface area contributed by atoms with Gasteiger partial charge in [0.1, 0.15) is 23.2 Å². The number of hydrogen-bond donors (Lipinski definition) is 4. The molecule has 190 valence electrons. The van der Waals surface area contributed by atoms with Crippen molar-refractivity contribution in [2.45, 2.75) is 97.6 Å². The van der Waals surface area contributed by atoms with Gasteiger partial charge in [0.15, 0.2) is 0 Å². The van der Waals surface area contributed by atoms with Crippen molar-refractivity contribution in [3.63, 3.8) is 0 Å². The lowest BCUT2D eigenvalue weighted by Gasteiger charge is -2.32. The van der Waals surface area contributed by atoms with Crippen LogP contribution in [0, 0.1) is 0 Å². The second kappa shape index (κ2) is 13.5. The maximum Gasteiger partial charge on any atom is 0.339 e. The zero-order valence-corrected chi connectivity index (χ0v) is 20.8. The van der Waals surface area contributed by atoms with E-state index in [1.54, 1.807) is 6.07 Å². The Morgan fingerprint density at radius 1 is 1.21 bits per heavy atom. The molecule has 1 aliphatic heterocycles. The Morgan fingerprint density at radius 2 is 1.94 bits per heavy atom. The quantitative estimate of drug-likeness (QED) is 0.250. The predicted molar refractivity (Wildman–Crippen MR) is 131 cm³/mol. The Kier molecular flexibility index (Phi) is 11.1. The molecule has 7 nitrogen and oxygen atoms in total. The number of carbonyl (C=O) groups is 1. The highest BCUT2D eigenvalue weighted by Gasteiger charge is 2.32. The first-order chi connectivity index (χ1) is 16.1. The lowest BCUT2D eigenvalue weighted by molar-refractivity contribution is -0.199. The summed E-state index contributed by atoms with van der Waals surface area (Å²) in [4.78, 5) is 12.0. The average Bonchev–Trinajstić information content (AvgIpc) is 2.74. The fourth-order valence-corrected chi connectivity index (χ4v) is 4.02. The summed E-state index contributed by atoms with van der Waals surface area (Å²) in [5.41, 5.74) is 3.10. The van der Waals surface area contributed by atoms with E-state index in [4.69, 9.17) is 9.47 Å². The summed E-state index contributed by atoms with van der Waals surface area (Å²) in [6.07, 6.45) is 6.65. The van der Waals surface area contributed by atoms with Crippen molar-refractivity contribution in [3.05, 3.63) is 46.1 Å². The van der Waals surface area contributed by atoms with Gasteiger partial charge in [0.05, 0.1) is 12.7 Å². The van der Waals surface area contributed by atoms with E-state index in [1.165, 1.54) is 5.57 Å². The van der Waals surface area contributed by atoms with Crippen molar-refractivity contribution in [1.82, 2.24) is 0 Å². The molecule has 2 rings (SSSR count). The molecule has 7 heteroatoms. The number of carboxylic acid groups (broad SMARTS) is 1. The van der Waals surface area contributed by atoms with E-state index >= 15 is 0 Å². The molecule has 0 amide bonds. The van der Waals surface area contributed by atoms with Crippen LogP contribution in [0.2, 0.25) is 0 Å². The molecule has 1 saturated heterocycles. The SMILES string of the molecule is CCCCCc1cc(OC2OC[C@@H](O)C[C@H]2O)c(C/C=C(\C)CCC=C(C)C)c(O)c1C(=O)O. The van der Waals surface area contributed by atoms with Crippen LogP contribution in [0.15, 0.2) is 29.4 Å². The zero-order chi connectivity index (χ0) is 25.3. The summed E-state index contributed by atoms with van der Waals surface area (Å²) < 4.78 is 11.5. The van der Waals surface area contributed by atoms with Gasteiger partial charge in [-0.15, -0.1) is 0 Å². The summed E-state index contributed by atoms with van der Waals surface area (Å²) in [6, 6.07) is 1.65. The molecule has 0 aromatic heterocycles. The summed E-state index contributed by atoms with van der Waals surface area (Å²) >= 11 is 0. The lowest BCUT2D eigenvalue weighted by atomic mass is 9.94. The normalized spacial score (nSPS) is 20.8. The number of ether oxygens (including phenoxy) is 2. The predicted octanol–water partition coefficient (Wildman–Crippen LogP) is 4.91. The van der Waals surface area contributed by atoms with Crippen molar-refractivity contribution in [1.29, 1.82) is 0 Å². The maximum absolute atomic E-state index is 12.0. The highest BCUT2D eigenvalue weighted by atomic mass is 16.7. The summed E-state index contributed by atoms with van der Waals surface area (Å²) in [6.45, 7) is 8.20. The monoisotopic (exact) mass is 476 g/mol. The molecule has 0 bridgehead atoms. The number of hydrogen-bond acceptors (Lipinski definition) is 6. The molecule has 1 aromatic carbocycles. The number of allylic oxidation sites excluding steroid dienone is 4. The highest BCUT2D eigenvalue weighted by molar-refractivity contribution is 5.93. The molecule has 1 heterocycles. The van der Waals surface area contributed by atoms with Gasteiger partial charge in [-0.3, -0.25) is 0 Å². The van der Waals surface area contributed by atoms with Crippen LogP contribution >= 0.6 is 0 Å². The first kappa shape index (κ1) is 27.9. The molecule has 0 radical (unpaired) electrons. The number of unbranched alkanes of at least 4 members (excludes halogenated alkanes) is 2. The van der Waals surface area contributed by atoms with E-state index in [9.17, 15) is 25.2 Å². The van der Waals surface area contributed by atoms with Gasteiger partial charge in [-0.2, -0.15) is 0 Å². The smallest absolute Gasteiger partial charge is 0.339 e. The number of aliphatic hydroxyl groups is 2. The lowest BCUT2D eigenvalue weighted by Crippen LogP contribution is -2.44. The molecule has 3 atom stereocenters. The number of rotatable bonds is 12. The molecule has 0 saturated carbocycles. The molecule has 34 heavy (non-hydrogen) atoms. The van der Waals surface area contributed by atoms with Crippen molar-refractivity contribution in [2.75, 3.05) is 6.61 Å². The number of aryl methyl sites for hydroxylation is 1. The number of aliphatic hydroxyl groups excluding tert-OH is 2. The van der Waals surface area contributed by atoms with Gasteiger partial charge in [0.25, 0.3) is 0 Å². The van der Waals surface area contributed by atoms with Crippen LogP contribution in [0.3, 0.4) is 0 Å². The van der Waals surface area contributed by atoms with Crippen molar-refractivity contribution >= 4 is 5.97 Å². The van der Waals surface area contributed by atoms with Gasteiger partial charge >= 0.3 is 5.97 Å². The number of phenols is 1. The highest BCUT2D eigenvalue weighted by Crippen LogP contribution is 2.37. The van der Waals surface area contributed by atoms with Gasteiger partial charge in [-0.05, 0) is 64.5 Å². The molecule has 4 N–H and O–H groups in total. The minimum atomic E-state index is -1.18. The summed E-state index contributed by atoms with van der Waals surface area (Å²) in [5, 5.41) is 40.9. The third-order valence-electron chi connectivity index (χ3n) is 5.98. The van der Waals surface area contributed by atoms with Crippen molar-refractivity contribution in [3.8, 4) is 11.5 Å². The van der Waals surface area contributed by atoms with Crippen LogP contribution in [0.1, 0.15) is 87.7 Å². The zero-order valence-electron chi connectivity index (χ0n) is 20.8. The maximum atomic E-state index is 12.0. The van der Waals surface area contributed by atoms with Crippen LogP contribution in [0.25, 0.3) is 0 Å². The van der Waals surface area contributed by atoms with E-state index in [1.807, 2.05) is 13.0 Å². The molecule has 1 unspecified atom stereocenters. The summed E-state index contributed by atoms with van der Waals surface area (Å²) in [7, 11) is 0. The van der Waals surface area contributed by atoms with Crippen LogP contribution in [0.5, 0.6) is 11.5 Å². The van der Waals surface area contributed by atoms with Gasteiger partial charge < -0.3 is 29.9 Å². The van der Waals surface area contributed by atoms with Gasteiger partial charge in [0, 0.05) is 12.0 Å². The summed E-state index contributed by atoms with van der Waals surface area (Å²) in [5.74, 6) is -1.20. The van der Waals surface area contributed by atoms with Gasteiger partial charge in [-0.1, -0.05) is 43.1 Å². The first-order valence-corrected chi connectivity index (χ1v) is 12.2. The molecule has 0 aliphatic carbocycles. The van der Waals surface area contributed by atoms with Crippen LogP contribution in [0.4, 0.5) is 0 Å². The van der Waals surface area contributed by atoms with Crippen molar-refractivity contribution in [2.24, 2.45) is 0 Å². The standard InChI is InChI=1S/C27H40O7/c1-5-6-7-11-19-14-23(34-27-22(29)15-20(28)16-33-27)21(25(30)24(19)26(31)32)13-12-18(4)10-8-9-17(2)3/h9,12,14,20,22,27-30H,5-8,10-11,13,15-16H2,1-4H3,(H,31,32)/b18-12+/t20-,22+,27?/m0/s1. The number of benzene rings is 1. The largest absolute Gasteiger partial charge is 0.507 e. The Balaban J connectivity index is 2.41. The van der Waals surface area contributed by atoms with Crippen molar-refractivity contribution < 1.29 is 34.7 Å². The minimum absolute atomic E-state index is 0.0307. The van der Waals surface area contributed by atoms with Crippen LogP contribution in [-0.4, -0.2) is 51.5 Å². The number of aromatic hydroxyl groups is 1. The van der Waals surface area contributed by atoms with E-state index in [0.717, 1.165) is 37.7 Å².